The number of benzene rings is 2. The molecule has 1 heterocycles. The number of ether oxygens (including phenoxy) is 1. The third-order valence-electron chi connectivity index (χ3n) is 4.86. The van der Waals surface area contributed by atoms with Gasteiger partial charge in [0.15, 0.2) is 0 Å². The van der Waals surface area contributed by atoms with Crippen LogP contribution >= 0.6 is 0 Å². The Labute approximate surface area is 175 Å². The predicted octanol–water partition coefficient (Wildman–Crippen LogP) is 3.16. The highest BCUT2D eigenvalue weighted by atomic mass is 32.2. The quantitative estimate of drug-likeness (QED) is 0.726. The minimum absolute atomic E-state index is 0.0104. The molecule has 7 nitrogen and oxygen atoms in total. The van der Waals surface area contributed by atoms with Crippen LogP contribution in [0.15, 0.2) is 53.4 Å². The molecule has 2 aromatic rings. The SMILES string of the molecule is N#CCCN(C(=O)c1ccc(NS(=O)(=O)c2ccc(F)cc2)cc1)C1CCOCC1. The number of amides is 1. The van der Waals surface area contributed by atoms with Crippen molar-refractivity contribution >= 4 is 21.6 Å². The van der Waals surface area contributed by atoms with Crippen molar-refractivity contribution in [2.75, 3.05) is 24.5 Å². The number of rotatable bonds is 7. The molecule has 2 aromatic carbocycles. The molecule has 0 saturated carbocycles. The van der Waals surface area contributed by atoms with Gasteiger partial charge in [-0.05, 0) is 61.4 Å². The number of nitriles is 1. The molecule has 1 fully saturated rings. The van der Waals surface area contributed by atoms with Crippen LogP contribution in [0.5, 0.6) is 0 Å². The number of hydrogen-bond acceptors (Lipinski definition) is 5. The minimum atomic E-state index is -3.87. The van der Waals surface area contributed by atoms with E-state index in [-0.39, 0.29) is 29.0 Å². The molecule has 0 aliphatic carbocycles. The Morgan fingerprint density at radius 2 is 1.77 bits per heavy atom. The van der Waals surface area contributed by atoms with Gasteiger partial charge in [-0.25, -0.2) is 12.8 Å². The van der Waals surface area contributed by atoms with Crippen LogP contribution in [-0.4, -0.2) is 45.0 Å². The van der Waals surface area contributed by atoms with Crippen molar-refractivity contribution in [1.82, 2.24) is 4.90 Å². The third kappa shape index (κ3) is 5.34. The lowest BCUT2D eigenvalue weighted by atomic mass is 10.0. The van der Waals surface area contributed by atoms with Crippen LogP contribution in [0.4, 0.5) is 10.1 Å². The van der Waals surface area contributed by atoms with Gasteiger partial charge in [0.05, 0.1) is 17.4 Å². The van der Waals surface area contributed by atoms with E-state index >= 15 is 0 Å². The number of anilines is 1. The second-order valence-electron chi connectivity index (χ2n) is 6.89. The number of sulfonamides is 1. The Bertz CT molecular complexity index is 1010. The average Bonchev–Trinajstić information content (AvgIpc) is 2.75. The largest absolute Gasteiger partial charge is 0.381 e. The molecule has 0 atom stereocenters. The smallest absolute Gasteiger partial charge is 0.261 e. The molecule has 9 heteroatoms. The van der Waals surface area contributed by atoms with E-state index in [4.69, 9.17) is 10.00 Å². The van der Waals surface area contributed by atoms with E-state index in [2.05, 4.69) is 10.8 Å². The molecule has 0 bridgehead atoms. The van der Waals surface area contributed by atoms with Crippen LogP contribution in [0.25, 0.3) is 0 Å². The highest BCUT2D eigenvalue weighted by Gasteiger charge is 2.26. The van der Waals surface area contributed by atoms with Crippen molar-refractivity contribution in [3.05, 3.63) is 59.9 Å². The molecule has 0 unspecified atom stereocenters. The van der Waals surface area contributed by atoms with Gasteiger partial charge in [0.25, 0.3) is 15.9 Å². The molecular weight excluding hydrogens is 409 g/mol. The number of hydrogen-bond donors (Lipinski definition) is 1. The van der Waals surface area contributed by atoms with Crippen molar-refractivity contribution in [2.45, 2.75) is 30.2 Å². The molecule has 0 radical (unpaired) electrons. The maximum absolute atomic E-state index is 13.0. The summed E-state index contributed by atoms with van der Waals surface area (Å²) < 4.78 is 45.6. The van der Waals surface area contributed by atoms with Crippen LogP contribution in [0.2, 0.25) is 0 Å². The van der Waals surface area contributed by atoms with Crippen molar-refractivity contribution in [3.63, 3.8) is 0 Å². The van der Waals surface area contributed by atoms with E-state index in [1.165, 1.54) is 24.3 Å². The van der Waals surface area contributed by atoms with E-state index in [0.29, 0.717) is 38.2 Å². The van der Waals surface area contributed by atoms with Gasteiger partial charge in [-0.1, -0.05) is 0 Å². The predicted molar refractivity (Wildman–Crippen MR) is 109 cm³/mol. The first kappa shape index (κ1) is 21.7. The zero-order valence-electron chi connectivity index (χ0n) is 16.3. The maximum Gasteiger partial charge on any atom is 0.261 e. The molecule has 1 aliphatic heterocycles. The summed E-state index contributed by atoms with van der Waals surface area (Å²) in [7, 11) is -3.87. The van der Waals surface area contributed by atoms with Gasteiger partial charge in [0, 0.05) is 37.1 Å². The molecule has 1 saturated heterocycles. The lowest BCUT2D eigenvalue weighted by Gasteiger charge is -2.34. The Morgan fingerprint density at radius 1 is 1.13 bits per heavy atom. The summed E-state index contributed by atoms with van der Waals surface area (Å²) in [4.78, 5) is 14.6. The first-order valence-corrected chi connectivity index (χ1v) is 11.0. The molecule has 30 heavy (non-hydrogen) atoms. The fourth-order valence-corrected chi connectivity index (χ4v) is 4.35. The first-order chi connectivity index (χ1) is 14.4. The summed E-state index contributed by atoms with van der Waals surface area (Å²) in [6, 6.07) is 12.7. The number of nitrogens with one attached hydrogen (secondary N) is 1. The maximum atomic E-state index is 13.0. The topological polar surface area (TPSA) is 99.5 Å². The summed E-state index contributed by atoms with van der Waals surface area (Å²) >= 11 is 0. The highest BCUT2D eigenvalue weighted by molar-refractivity contribution is 7.92. The molecule has 0 aromatic heterocycles. The van der Waals surface area contributed by atoms with Crippen molar-refractivity contribution < 1.29 is 22.3 Å². The molecule has 1 amide bonds. The summed E-state index contributed by atoms with van der Waals surface area (Å²) in [6.07, 6.45) is 1.66. The van der Waals surface area contributed by atoms with Crippen LogP contribution < -0.4 is 4.72 Å². The molecule has 0 spiro atoms. The lowest BCUT2D eigenvalue weighted by molar-refractivity contribution is 0.0296. The monoisotopic (exact) mass is 431 g/mol. The summed E-state index contributed by atoms with van der Waals surface area (Å²) in [5, 5.41) is 8.92. The van der Waals surface area contributed by atoms with Crippen LogP contribution in [0.3, 0.4) is 0 Å². The van der Waals surface area contributed by atoms with Gasteiger partial charge in [-0.3, -0.25) is 9.52 Å². The second-order valence-corrected chi connectivity index (χ2v) is 8.57. The van der Waals surface area contributed by atoms with Crippen molar-refractivity contribution in [2.24, 2.45) is 0 Å². The molecular formula is C21H22FN3O4S. The lowest BCUT2D eigenvalue weighted by Crippen LogP contribution is -2.43. The molecule has 158 valence electrons. The Kier molecular flexibility index (Phi) is 7.03. The van der Waals surface area contributed by atoms with E-state index < -0.39 is 15.8 Å². The van der Waals surface area contributed by atoms with Gasteiger partial charge >= 0.3 is 0 Å². The molecule has 3 rings (SSSR count). The Hall–Kier alpha value is -2.96. The fourth-order valence-electron chi connectivity index (χ4n) is 3.29. The van der Waals surface area contributed by atoms with Crippen molar-refractivity contribution in [3.8, 4) is 6.07 Å². The number of halogens is 1. The standard InChI is InChI=1S/C21H22FN3O4S/c22-17-4-8-20(9-5-17)30(27,28)24-18-6-2-16(3-7-18)21(26)25(13-1-12-23)19-10-14-29-15-11-19/h2-9,19,24H,1,10-11,13-15H2. The average molecular weight is 431 g/mol. The van der Waals surface area contributed by atoms with Crippen LogP contribution in [0, 0.1) is 17.1 Å². The number of carbonyl (C=O) groups is 1. The summed E-state index contributed by atoms with van der Waals surface area (Å²) in [5.74, 6) is -0.729. The van der Waals surface area contributed by atoms with Crippen LogP contribution in [-0.2, 0) is 14.8 Å². The van der Waals surface area contributed by atoms with Gasteiger partial charge in [0.1, 0.15) is 5.82 Å². The normalized spacial score (nSPS) is 14.7. The second kappa shape index (κ2) is 9.69. The van der Waals surface area contributed by atoms with Crippen LogP contribution in [0.1, 0.15) is 29.6 Å². The Balaban J connectivity index is 1.73. The highest BCUT2D eigenvalue weighted by Crippen LogP contribution is 2.21. The fraction of sp³-hybridized carbons (Fsp3) is 0.333. The zero-order valence-corrected chi connectivity index (χ0v) is 17.1. The van der Waals surface area contributed by atoms with Gasteiger partial charge in [-0.2, -0.15) is 5.26 Å². The van der Waals surface area contributed by atoms with Gasteiger partial charge in [-0.15, -0.1) is 0 Å². The minimum Gasteiger partial charge on any atom is -0.381 e. The van der Waals surface area contributed by atoms with E-state index in [1.807, 2.05) is 0 Å². The van der Waals surface area contributed by atoms with Gasteiger partial charge in [0.2, 0.25) is 0 Å². The number of nitrogens with zero attached hydrogens (tertiary/aromatic N) is 2. The van der Waals surface area contributed by atoms with E-state index in [1.54, 1.807) is 17.0 Å². The zero-order chi connectivity index (χ0) is 21.6. The number of carbonyl (C=O) groups excluding carboxylic acids is 1. The van der Waals surface area contributed by atoms with E-state index in [0.717, 1.165) is 12.1 Å². The summed E-state index contributed by atoms with van der Waals surface area (Å²) in [5.41, 5.74) is 0.690. The molecule has 1 aliphatic rings. The van der Waals surface area contributed by atoms with E-state index in [9.17, 15) is 17.6 Å². The first-order valence-electron chi connectivity index (χ1n) is 9.55. The third-order valence-corrected chi connectivity index (χ3v) is 6.26. The Morgan fingerprint density at radius 3 is 2.37 bits per heavy atom. The molecule has 1 N–H and O–H groups in total. The van der Waals surface area contributed by atoms with Crippen molar-refractivity contribution in [1.29, 1.82) is 5.26 Å². The van der Waals surface area contributed by atoms with Gasteiger partial charge < -0.3 is 9.64 Å². The summed E-state index contributed by atoms with van der Waals surface area (Å²) in [6.45, 7) is 1.48.